The van der Waals surface area contributed by atoms with Gasteiger partial charge >= 0.3 is 0 Å². The van der Waals surface area contributed by atoms with Gasteiger partial charge in [-0.2, -0.15) is 4.31 Å². The van der Waals surface area contributed by atoms with Crippen molar-refractivity contribution in [3.8, 4) is 0 Å². The summed E-state index contributed by atoms with van der Waals surface area (Å²) in [5.41, 5.74) is 5.78. The smallest absolute Gasteiger partial charge is 0.246 e. The van der Waals surface area contributed by atoms with Gasteiger partial charge in [-0.1, -0.05) is 13.3 Å². The number of nitrogens with zero attached hydrogens (tertiary/aromatic N) is 1. The topological polar surface area (TPSA) is 63.4 Å². The summed E-state index contributed by atoms with van der Waals surface area (Å²) in [6, 6.07) is 3.63. The quantitative estimate of drug-likeness (QED) is 0.854. The summed E-state index contributed by atoms with van der Waals surface area (Å²) in [5, 5.41) is 0. The third-order valence-corrected chi connectivity index (χ3v) is 5.28. The van der Waals surface area contributed by atoms with Crippen molar-refractivity contribution in [2.75, 3.05) is 18.8 Å². The van der Waals surface area contributed by atoms with Crippen molar-refractivity contribution in [2.24, 2.45) is 5.92 Å². The summed E-state index contributed by atoms with van der Waals surface area (Å²) < 4.78 is 39.6. The molecule has 0 saturated carbocycles. The molecule has 2 rings (SSSR count). The molecule has 1 unspecified atom stereocenters. The maximum atomic E-state index is 13.6. The minimum atomic E-state index is -3.76. The van der Waals surface area contributed by atoms with Crippen LogP contribution in [-0.2, 0) is 10.0 Å². The lowest BCUT2D eigenvalue weighted by atomic mass is 10.1. The number of hydrogen-bond donors (Lipinski definition) is 1. The predicted molar refractivity (Wildman–Crippen MR) is 68.0 cm³/mol. The standard InChI is InChI=1S/C12H17FN2O2S/c1-2-9-5-6-15(8-9)18(16,17)12-7-10(14)3-4-11(12)13/h3-4,7,9H,2,5-6,8,14H2,1H3. The van der Waals surface area contributed by atoms with Crippen molar-refractivity contribution in [2.45, 2.75) is 24.7 Å². The Morgan fingerprint density at radius 1 is 1.50 bits per heavy atom. The molecule has 4 nitrogen and oxygen atoms in total. The summed E-state index contributed by atoms with van der Waals surface area (Å²) in [6.07, 6.45) is 1.77. The molecule has 1 atom stereocenters. The highest BCUT2D eigenvalue weighted by Crippen LogP contribution is 2.28. The molecule has 1 fully saturated rings. The molecule has 6 heteroatoms. The highest BCUT2D eigenvalue weighted by atomic mass is 32.2. The van der Waals surface area contributed by atoms with Gasteiger partial charge in [-0.05, 0) is 30.5 Å². The van der Waals surface area contributed by atoms with Gasteiger partial charge in [0.25, 0.3) is 0 Å². The molecule has 1 saturated heterocycles. The Bertz CT molecular complexity index is 545. The molecule has 0 amide bonds. The second-order valence-electron chi connectivity index (χ2n) is 4.62. The Morgan fingerprint density at radius 2 is 2.22 bits per heavy atom. The van der Waals surface area contributed by atoms with Crippen LogP contribution in [0.1, 0.15) is 19.8 Å². The SMILES string of the molecule is CCC1CCN(S(=O)(=O)c2cc(N)ccc2F)C1. The van der Waals surface area contributed by atoms with Gasteiger partial charge in [0.2, 0.25) is 10.0 Å². The number of hydrogen-bond acceptors (Lipinski definition) is 3. The van der Waals surface area contributed by atoms with Crippen LogP contribution in [0.4, 0.5) is 10.1 Å². The second-order valence-corrected chi connectivity index (χ2v) is 6.52. The average Bonchev–Trinajstić information content (AvgIpc) is 2.81. The van der Waals surface area contributed by atoms with Crippen molar-refractivity contribution >= 4 is 15.7 Å². The van der Waals surface area contributed by atoms with E-state index >= 15 is 0 Å². The molecule has 1 aromatic carbocycles. The predicted octanol–water partition coefficient (Wildman–Crippen LogP) is 1.83. The van der Waals surface area contributed by atoms with Gasteiger partial charge in [-0.3, -0.25) is 0 Å². The average molecular weight is 272 g/mol. The first-order valence-electron chi connectivity index (χ1n) is 6.00. The highest BCUT2D eigenvalue weighted by molar-refractivity contribution is 7.89. The Kier molecular flexibility index (Phi) is 3.59. The van der Waals surface area contributed by atoms with Gasteiger partial charge < -0.3 is 5.73 Å². The number of halogens is 1. The second kappa shape index (κ2) is 4.85. The molecular formula is C12H17FN2O2S. The normalized spacial score (nSPS) is 21.3. The van der Waals surface area contributed by atoms with Crippen LogP contribution in [-0.4, -0.2) is 25.8 Å². The summed E-state index contributed by atoms with van der Waals surface area (Å²) >= 11 is 0. The first-order chi connectivity index (χ1) is 8.45. The van der Waals surface area contributed by atoms with Crippen LogP contribution < -0.4 is 5.73 Å². The molecule has 18 heavy (non-hydrogen) atoms. The third-order valence-electron chi connectivity index (χ3n) is 3.40. The molecule has 1 heterocycles. The zero-order valence-electron chi connectivity index (χ0n) is 10.3. The Hall–Kier alpha value is -1.14. The van der Waals surface area contributed by atoms with E-state index in [-0.39, 0.29) is 10.6 Å². The van der Waals surface area contributed by atoms with Crippen LogP contribution in [0.15, 0.2) is 23.1 Å². The molecule has 0 spiro atoms. The minimum Gasteiger partial charge on any atom is -0.399 e. The first-order valence-corrected chi connectivity index (χ1v) is 7.44. The molecule has 2 N–H and O–H groups in total. The fourth-order valence-electron chi connectivity index (χ4n) is 2.21. The maximum Gasteiger partial charge on any atom is 0.246 e. The number of benzene rings is 1. The lowest BCUT2D eigenvalue weighted by Crippen LogP contribution is -2.29. The molecule has 0 aliphatic carbocycles. The fraction of sp³-hybridized carbons (Fsp3) is 0.500. The number of sulfonamides is 1. The van der Waals surface area contributed by atoms with Gasteiger partial charge in [0.1, 0.15) is 10.7 Å². The summed E-state index contributed by atoms with van der Waals surface area (Å²) in [5.74, 6) is -0.381. The zero-order valence-corrected chi connectivity index (χ0v) is 11.1. The van der Waals surface area contributed by atoms with E-state index in [2.05, 4.69) is 0 Å². The van der Waals surface area contributed by atoms with Crippen LogP contribution in [0.3, 0.4) is 0 Å². The monoisotopic (exact) mass is 272 g/mol. The van der Waals surface area contributed by atoms with Crippen molar-refractivity contribution in [1.29, 1.82) is 0 Å². The van der Waals surface area contributed by atoms with Crippen LogP contribution in [0.2, 0.25) is 0 Å². The van der Waals surface area contributed by atoms with Gasteiger partial charge in [0, 0.05) is 18.8 Å². The Balaban J connectivity index is 2.34. The number of rotatable bonds is 3. The molecular weight excluding hydrogens is 255 g/mol. The van der Waals surface area contributed by atoms with Crippen molar-refractivity contribution in [1.82, 2.24) is 4.31 Å². The zero-order chi connectivity index (χ0) is 13.3. The van der Waals surface area contributed by atoms with E-state index in [9.17, 15) is 12.8 Å². The summed E-state index contributed by atoms with van der Waals surface area (Å²) in [7, 11) is -3.76. The lowest BCUT2D eigenvalue weighted by Gasteiger charge is -2.17. The summed E-state index contributed by atoms with van der Waals surface area (Å²) in [4.78, 5) is -0.320. The summed E-state index contributed by atoms with van der Waals surface area (Å²) in [6.45, 7) is 2.95. The molecule has 1 aromatic rings. The van der Waals surface area contributed by atoms with Crippen LogP contribution in [0.25, 0.3) is 0 Å². The molecule has 1 aliphatic heterocycles. The van der Waals surface area contributed by atoms with Crippen molar-refractivity contribution in [3.05, 3.63) is 24.0 Å². The van der Waals surface area contributed by atoms with Crippen molar-refractivity contribution < 1.29 is 12.8 Å². The number of nitrogen functional groups attached to an aromatic ring is 1. The van der Waals surface area contributed by atoms with Crippen LogP contribution >= 0.6 is 0 Å². The van der Waals surface area contributed by atoms with E-state index < -0.39 is 15.8 Å². The highest BCUT2D eigenvalue weighted by Gasteiger charge is 2.33. The molecule has 1 aliphatic rings. The molecule has 0 radical (unpaired) electrons. The van der Waals surface area contributed by atoms with Gasteiger partial charge in [-0.15, -0.1) is 0 Å². The number of anilines is 1. The molecule has 0 bridgehead atoms. The van der Waals surface area contributed by atoms with Crippen molar-refractivity contribution in [3.63, 3.8) is 0 Å². The van der Waals surface area contributed by atoms with Gasteiger partial charge in [0.05, 0.1) is 0 Å². The third kappa shape index (κ3) is 2.35. The van der Waals surface area contributed by atoms with Gasteiger partial charge in [0.15, 0.2) is 0 Å². The maximum absolute atomic E-state index is 13.6. The minimum absolute atomic E-state index is 0.251. The van der Waals surface area contributed by atoms with E-state index in [4.69, 9.17) is 5.73 Å². The lowest BCUT2D eigenvalue weighted by molar-refractivity contribution is 0.448. The van der Waals surface area contributed by atoms with E-state index in [1.54, 1.807) is 0 Å². The van der Waals surface area contributed by atoms with E-state index in [1.165, 1.54) is 16.4 Å². The molecule has 100 valence electrons. The van der Waals surface area contributed by atoms with Crippen LogP contribution in [0, 0.1) is 11.7 Å². The van der Waals surface area contributed by atoms with E-state index in [1.807, 2.05) is 6.92 Å². The van der Waals surface area contributed by atoms with Crippen LogP contribution in [0.5, 0.6) is 0 Å². The Labute approximate surface area is 107 Å². The van der Waals surface area contributed by atoms with E-state index in [0.29, 0.717) is 19.0 Å². The number of nitrogens with two attached hydrogens (primary N) is 1. The fourth-order valence-corrected chi connectivity index (χ4v) is 3.84. The largest absolute Gasteiger partial charge is 0.399 e. The van der Waals surface area contributed by atoms with E-state index in [0.717, 1.165) is 18.9 Å². The Morgan fingerprint density at radius 3 is 2.83 bits per heavy atom. The molecule has 0 aromatic heterocycles. The first kappa shape index (κ1) is 13.3. The van der Waals surface area contributed by atoms with Gasteiger partial charge in [-0.25, -0.2) is 12.8 Å².